The molecule has 5 heterocycles. The standard InChI is InChI=1S/C21H28N4O5S/c26-19(13-1-4-28-5-2-13)30-15-9-25(10-15)20-23-16-3-6-31(27)17(16)18(24-20)22-14-7-21(8-14)11-29-12-21/h13-15H,1-12H2,(H,22,23,24). The van der Waals surface area contributed by atoms with Crippen molar-refractivity contribution >= 4 is 28.5 Å². The zero-order valence-electron chi connectivity index (χ0n) is 17.5. The molecule has 1 aromatic rings. The minimum absolute atomic E-state index is 0.0448. The summed E-state index contributed by atoms with van der Waals surface area (Å²) >= 11 is 0. The first-order chi connectivity index (χ1) is 15.1. The summed E-state index contributed by atoms with van der Waals surface area (Å²) in [6, 6.07) is 0.345. The quantitative estimate of drug-likeness (QED) is 0.658. The number of carbonyl (C=O) groups excluding carboxylic acids is 1. The highest BCUT2D eigenvalue weighted by Gasteiger charge is 2.50. The van der Waals surface area contributed by atoms with Crippen molar-refractivity contribution in [1.29, 1.82) is 0 Å². The second-order valence-corrected chi connectivity index (χ2v) is 11.0. The molecule has 1 aliphatic carbocycles. The largest absolute Gasteiger partial charge is 0.458 e. The van der Waals surface area contributed by atoms with E-state index in [1.54, 1.807) is 0 Å². The fourth-order valence-corrected chi connectivity index (χ4v) is 6.51. The van der Waals surface area contributed by atoms with Gasteiger partial charge in [0.05, 0.1) is 48.7 Å². The van der Waals surface area contributed by atoms with Crippen LogP contribution in [0.2, 0.25) is 0 Å². The maximum atomic E-state index is 12.5. The van der Waals surface area contributed by atoms with Crippen LogP contribution in [-0.4, -0.2) is 77.6 Å². The Bertz CT molecular complexity index is 903. The molecule has 1 aromatic heterocycles. The highest BCUT2D eigenvalue weighted by atomic mass is 32.2. The number of aryl methyl sites for hydroxylation is 1. The van der Waals surface area contributed by atoms with Crippen LogP contribution in [0, 0.1) is 11.3 Å². The zero-order valence-corrected chi connectivity index (χ0v) is 18.3. The summed E-state index contributed by atoms with van der Waals surface area (Å²) in [5.74, 6) is 1.81. The lowest BCUT2D eigenvalue weighted by Gasteiger charge is -2.53. The average Bonchev–Trinajstić information content (AvgIpc) is 3.06. The highest BCUT2D eigenvalue weighted by Crippen LogP contribution is 2.48. The summed E-state index contributed by atoms with van der Waals surface area (Å²) in [4.78, 5) is 24.6. The molecule has 1 N–H and O–H groups in total. The maximum absolute atomic E-state index is 12.5. The van der Waals surface area contributed by atoms with Crippen molar-refractivity contribution in [2.45, 2.75) is 49.1 Å². The van der Waals surface area contributed by atoms with Crippen molar-refractivity contribution in [2.24, 2.45) is 11.3 Å². The second-order valence-electron chi connectivity index (χ2n) is 9.54. The molecule has 6 rings (SSSR count). The van der Waals surface area contributed by atoms with Gasteiger partial charge in [-0.25, -0.2) is 4.98 Å². The van der Waals surface area contributed by atoms with E-state index in [0.717, 1.165) is 55.3 Å². The van der Waals surface area contributed by atoms with E-state index >= 15 is 0 Å². The number of aromatic nitrogens is 2. The molecular formula is C21H28N4O5S. The number of nitrogens with one attached hydrogen (secondary N) is 1. The van der Waals surface area contributed by atoms with Crippen molar-refractivity contribution in [1.82, 2.24) is 9.97 Å². The Labute approximate surface area is 183 Å². The van der Waals surface area contributed by atoms with E-state index < -0.39 is 10.8 Å². The van der Waals surface area contributed by atoms with Gasteiger partial charge < -0.3 is 24.4 Å². The number of fused-ring (bicyclic) bond motifs is 1. The SMILES string of the molecule is O=C(OC1CN(c2nc3c(c(NC4CC5(COC5)C4)n2)S(=O)CC3)C1)C1CCOCC1. The van der Waals surface area contributed by atoms with Crippen molar-refractivity contribution < 1.29 is 23.2 Å². The number of ether oxygens (including phenoxy) is 3. The molecule has 0 radical (unpaired) electrons. The molecule has 5 aliphatic rings. The van der Waals surface area contributed by atoms with Gasteiger partial charge in [-0.1, -0.05) is 0 Å². The lowest BCUT2D eigenvalue weighted by atomic mass is 9.64. The van der Waals surface area contributed by atoms with Gasteiger partial charge in [-0.05, 0) is 25.7 Å². The fraction of sp³-hybridized carbons (Fsp3) is 0.762. The Morgan fingerprint density at radius 1 is 1.16 bits per heavy atom. The Balaban J connectivity index is 1.11. The van der Waals surface area contributed by atoms with E-state index in [1.807, 2.05) is 4.90 Å². The number of hydrogen-bond acceptors (Lipinski definition) is 9. The molecule has 0 bridgehead atoms. The summed E-state index contributed by atoms with van der Waals surface area (Å²) in [5, 5.41) is 3.54. The van der Waals surface area contributed by atoms with Gasteiger partial charge in [-0.3, -0.25) is 9.00 Å². The van der Waals surface area contributed by atoms with Gasteiger partial charge in [0, 0.05) is 36.8 Å². The summed E-state index contributed by atoms with van der Waals surface area (Å²) in [5.41, 5.74) is 1.24. The smallest absolute Gasteiger partial charge is 0.309 e. The Hall–Kier alpha value is -1.78. The zero-order chi connectivity index (χ0) is 21.0. The van der Waals surface area contributed by atoms with E-state index in [0.29, 0.717) is 55.9 Å². The van der Waals surface area contributed by atoms with Crippen LogP contribution in [0.4, 0.5) is 11.8 Å². The van der Waals surface area contributed by atoms with Crippen LogP contribution in [0.1, 0.15) is 31.4 Å². The molecule has 3 saturated heterocycles. The molecule has 1 atom stereocenters. The molecule has 1 unspecified atom stereocenters. The number of anilines is 2. The third-order valence-electron chi connectivity index (χ3n) is 7.16. The van der Waals surface area contributed by atoms with Crippen LogP contribution < -0.4 is 10.2 Å². The first kappa shape index (κ1) is 19.9. The summed E-state index contributed by atoms with van der Waals surface area (Å²) in [6.07, 6.45) is 4.21. The molecule has 0 amide bonds. The van der Waals surface area contributed by atoms with Crippen LogP contribution in [0.5, 0.6) is 0 Å². The third-order valence-corrected chi connectivity index (χ3v) is 8.62. The normalized spacial score (nSPS) is 27.9. The fourth-order valence-electron chi connectivity index (χ4n) is 5.20. The lowest BCUT2D eigenvalue weighted by molar-refractivity contribution is -0.159. The van der Waals surface area contributed by atoms with E-state index in [2.05, 4.69) is 5.32 Å². The lowest BCUT2D eigenvalue weighted by Crippen LogP contribution is -2.56. The van der Waals surface area contributed by atoms with E-state index in [1.165, 1.54) is 0 Å². The average molecular weight is 449 g/mol. The van der Waals surface area contributed by atoms with Crippen LogP contribution in [0.25, 0.3) is 0 Å². The molecule has 4 fully saturated rings. The van der Waals surface area contributed by atoms with E-state index in [-0.39, 0.29) is 18.0 Å². The van der Waals surface area contributed by atoms with Crippen molar-refractivity contribution in [3.8, 4) is 0 Å². The highest BCUT2D eigenvalue weighted by molar-refractivity contribution is 7.85. The number of carbonyl (C=O) groups is 1. The maximum Gasteiger partial charge on any atom is 0.309 e. The molecule has 9 nitrogen and oxygen atoms in total. The Kier molecular flexibility index (Phi) is 4.92. The molecule has 168 valence electrons. The number of nitrogens with zero attached hydrogens (tertiary/aromatic N) is 3. The minimum Gasteiger partial charge on any atom is -0.458 e. The molecular weight excluding hydrogens is 420 g/mol. The topological polar surface area (TPSA) is 103 Å². The summed E-state index contributed by atoms with van der Waals surface area (Å²) in [6.45, 7) is 4.16. The van der Waals surface area contributed by atoms with Gasteiger partial charge >= 0.3 is 5.97 Å². The van der Waals surface area contributed by atoms with Crippen LogP contribution >= 0.6 is 0 Å². The summed E-state index contributed by atoms with van der Waals surface area (Å²) in [7, 11) is -1.04. The third kappa shape index (κ3) is 3.62. The molecule has 31 heavy (non-hydrogen) atoms. The molecule has 4 aliphatic heterocycles. The monoisotopic (exact) mass is 448 g/mol. The van der Waals surface area contributed by atoms with Gasteiger partial charge in [-0.2, -0.15) is 4.98 Å². The molecule has 10 heteroatoms. The molecule has 1 spiro atoms. The van der Waals surface area contributed by atoms with Gasteiger partial charge in [-0.15, -0.1) is 0 Å². The van der Waals surface area contributed by atoms with Crippen molar-refractivity contribution in [2.75, 3.05) is 55.5 Å². The van der Waals surface area contributed by atoms with Gasteiger partial charge in [0.2, 0.25) is 5.95 Å². The van der Waals surface area contributed by atoms with Crippen LogP contribution in [0.3, 0.4) is 0 Å². The number of rotatable bonds is 5. The first-order valence-electron chi connectivity index (χ1n) is 11.3. The van der Waals surface area contributed by atoms with E-state index in [9.17, 15) is 9.00 Å². The Morgan fingerprint density at radius 2 is 1.94 bits per heavy atom. The van der Waals surface area contributed by atoms with Crippen molar-refractivity contribution in [3.63, 3.8) is 0 Å². The molecule has 0 aromatic carbocycles. The number of esters is 1. The Morgan fingerprint density at radius 3 is 2.65 bits per heavy atom. The molecule has 1 saturated carbocycles. The predicted molar refractivity (Wildman–Crippen MR) is 113 cm³/mol. The van der Waals surface area contributed by atoms with E-state index in [4.69, 9.17) is 24.2 Å². The van der Waals surface area contributed by atoms with Crippen LogP contribution in [-0.2, 0) is 36.2 Å². The van der Waals surface area contributed by atoms with Gasteiger partial charge in [0.25, 0.3) is 0 Å². The second kappa shape index (κ2) is 7.67. The summed E-state index contributed by atoms with van der Waals surface area (Å²) < 4.78 is 28.9. The van der Waals surface area contributed by atoms with Crippen LogP contribution in [0.15, 0.2) is 4.90 Å². The van der Waals surface area contributed by atoms with Gasteiger partial charge in [0.15, 0.2) is 0 Å². The van der Waals surface area contributed by atoms with Gasteiger partial charge in [0.1, 0.15) is 16.8 Å². The number of hydrogen-bond donors (Lipinski definition) is 1. The first-order valence-corrected chi connectivity index (χ1v) is 12.6. The van der Waals surface area contributed by atoms with Crippen molar-refractivity contribution in [3.05, 3.63) is 5.69 Å². The minimum atomic E-state index is -1.04. The predicted octanol–water partition coefficient (Wildman–Crippen LogP) is 0.890.